The predicted molar refractivity (Wildman–Crippen MR) is 115 cm³/mol. The van der Waals surface area contributed by atoms with Crippen LogP contribution in [0.3, 0.4) is 0 Å². The smallest absolute Gasteiger partial charge is 0.252 e. The lowest BCUT2D eigenvalue weighted by molar-refractivity contribution is -0.117. The molecule has 1 aromatic heterocycles. The summed E-state index contributed by atoms with van der Waals surface area (Å²) >= 11 is 1.58. The number of fused-ring (bicyclic) bond motifs is 3. The van der Waals surface area contributed by atoms with Crippen LogP contribution < -0.4 is 9.54 Å². The van der Waals surface area contributed by atoms with Gasteiger partial charge in [-0.25, -0.2) is 0 Å². The van der Waals surface area contributed by atoms with E-state index in [4.69, 9.17) is 4.74 Å². The number of hydrogen-bond acceptors (Lipinski definition) is 3. The highest BCUT2D eigenvalue weighted by atomic mass is 32.1. The Morgan fingerprint density at radius 1 is 1.14 bits per heavy atom. The van der Waals surface area contributed by atoms with Gasteiger partial charge in [0.05, 0.1) is 23.7 Å². The van der Waals surface area contributed by atoms with Gasteiger partial charge in [0.15, 0.2) is 4.80 Å². The standard InChI is InChI=1S/C23H22N2O2S/c1-4-25-19-11-10-17-7-5-6-8-18(17)22(19)28-23(25)24-21(26)14-16-9-12-20(27-3)15(2)13-16/h5-13H,4,14H2,1-3H3. The summed E-state index contributed by atoms with van der Waals surface area (Å²) in [5.74, 6) is 0.691. The molecule has 4 nitrogen and oxygen atoms in total. The summed E-state index contributed by atoms with van der Waals surface area (Å²) in [6, 6.07) is 18.4. The number of thiazole rings is 1. The zero-order valence-corrected chi connectivity index (χ0v) is 17.0. The van der Waals surface area contributed by atoms with Crippen molar-refractivity contribution in [3.8, 4) is 5.75 Å². The van der Waals surface area contributed by atoms with E-state index in [1.807, 2.05) is 37.3 Å². The van der Waals surface area contributed by atoms with Crippen LogP contribution in [0, 0.1) is 6.92 Å². The lowest BCUT2D eigenvalue weighted by atomic mass is 10.1. The van der Waals surface area contributed by atoms with Crippen LogP contribution in [0.15, 0.2) is 59.6 Å². The van der Waals surface area contributed by atoms with E-state index >= 15 is 0 Å². The number of rotatable bonds is 4. The first-order valence-corrected chi connectivity index (χ1v) is 10.1. The number of amides is 1. The SMILES string of the molecule is CCn1c(=NC(=O)Cc2ccc(OC)c(C)c2)sc2c3ccccc3ccc21. The summed E-state index contributed by atoms with van der Waals surface area (Å²) < 4.78 is 8.58. The number of hydrogen-bond donors (Lipinski definition) is 0. The molecule has 3 aromatic carbocycles. The molecule has 4 aromatic rings. The normalized spacial score (nSPS) is 12.0. The van der Waals surface area contributed by atoms with Crippen molar-refractivity contribution in [3.05, 3.63) is 70.5 Å². The van der Waals surface area contributed by atoms with Crippen LogP contribution in [0.4, 0.5) is 0 Å². The first-order chi connectivity index (χ1) is 13.6. The molecular formula is C23H22N2O2S. The second-order valence-corrected chi connectivity index (χ2v) is 7.73. The zero-order valence-electron chi connectivity index (χ0n) is 16.2. The maximum atomic E-state index is 12.7. The first-order valence-electron chi connectivity index (χ1n) is 9.33. The monoisotopic (exact) mass is 390 g/mol. The van der Waals surface area contributed by atoms with Crippen LogP contribution in [0.25, 0.3) is 21.0 Å². The average molecular weight is 391 g/mol. The molecule has 1 heterocycles. The molecule has 1 amide bonds. The fourth-order valence-electron chi connectivity index (χ4n) is 3.56. The van der Waals surface area contributed by atoms with E-state index in [1.165, 1.54) is 15.5 Å². The van der Waals surface area contributed by atoms with Gasteiger partial charge in [0.1, 0.15) is 5.75 Å². The maximum absolute atomic E-state index is 12.7. The van der Waals surface area contributed by atoms with Crippen LogP contribution >= 0.6 is 11.3 Å². The number of aromatic nitrogens is 1. The summed E-state index contributed by atoms with van der Waals surface area (Å²) in [7, 11) is 1.65. The van der Waals surface area contributed by atoms with Crippen molar-refractivity contribution in [1.82, 2.24) is 4.57 Å². The maximum Gasteiger partial charge on any atom is 0.252 e. The molecular weight excluding hydrogens is 368 g/mol. The summed E-state index contributed by atoms with van der Waals surface area (Å²) in [5.41, 5.74) is 3.09. The highest BCUT2D eigenvalue weighted by molar-refractivity contribution is 7.17. The van der Waals surface area contributed by atoms with E-state index in [-0.39, 0.29) is 12.3 Å². The number of nitrogens with zero attached hydrogens (tertiary/aromatic N) is 2. The average Bonchev–Trinajstić information content (AvgIpc) is 3.05. The highest BCUT2D eigenvalue weighted by Crippen LogP contribution is 2.27. The van der Waals surface area contributed by atoms with Crippen molar-refractivity contribution >= 4 is 38.2 Å². The second-order valence-electron chi connectivity index (χ2n) is 6.75. The molecule has 0 radical (unpaired) electrons. The van der Waals surface area contributed by atoms with Crippen molar-refractivity contribution in [2.24, 2.45) is 4.99 Å². The molecule has 5 heteroatoms. The molecule has 0 atom stereocenters. The Labute approximate surface area is 167 Å². The molecule has 0 bridgehead atoms. The van der Waals surface area contributed by atoms with Crippen LogP contribution in [0.1, 0.15) is 18.1 Å². The topological polar surface area (TPSA) is 43.6 Å². The Hall–Kier alpha value is -2.92. The molecule has 28 heavy (non-hydrogen) atoms. The van der Waals surface area contributed by atoms with Gasteiger partial charge in [0, 0.05) is 11.9 Å². The molecule has 4 rings (SSSR count). The molecule has 0 spiro atoms. The number of benzene rings is 3. The van der Waals surface area contributed by atoms with E-state index in [0.29, 0.717) is 0 Å². The van der Waals surface area contributed by atoms with E-state index in [0.717, 1.165) is 33.7 Å². The van der Waals surface area contributed by atoms with Gasteiger partial charge in [-0.05, 0) is 42.5 Å². The number of ether oxygens (including phenoxy) is 1. The van der Waals surface area contributed by atoms with Gasteiger partial charge in [-0.15, -0.1) is 0 Å². The molecule has 0 aliphatic rings. The van der Waals surface area contributed by atoms with Gasteiger partial charge in [-0.1, -0.05) is 53.8 Å². The minimum Gasteiger partial charge on any atom is -0.496 e. The van der Waals surface area contributed by atoms with Crippen LogP contribution in [0.5, 0.6) is 5.75 Å². The summed E-state index contributed by atoms with van der Waals surface area (Å²) in [5, 5.41) is 2.40. The predicted octanol–water partition coefficient (Wildman–Crippen LogP) is 4.86. The number of carbonyl (C=O) groups excluding carboxylic acids is 1. The van der Waals surface area contributed by atoms with Crippen molar-refractivity contribution in [3.63, 3.8) is 0 Å². The molecule has 0 saturated heterocycles. The Balaban J connectivity index is 1.75. The minimum atomic E-state index is -0.136. The van der Waals surface area contributed by atoms with E-state index in [2.05, 4.69) is 40.7 Å². The van der Waals surface area contributed by atoms with Crippen molar-refractivity contribution in [2.75, 3.05) is 7.11 Å². The van der Waals surface area contributed by atoms with Crippen molar-refractivity contribution in [2.45, 2.75) is 26.8 Å². The van der Waals surface area contributed by atoms with Crippen LogP contribution in [0.2, 0.25) is 0 Å². The molecule has 0 aliphatic heterocycles. The van der Waals surface area contributed by atoms with E-state index in [1.54, 1.807) is 18.4 Å². The minimum absolute atomic E-state index is 0.136. The number of methoxy groups -OCH3 is 1. The lowest BCUT2D eigenvalue weighted by Gasteiger charge is -2.06. The Morgan fingerprint density at radius 3 is 2.71 bits per heavy atom. The quantitative estimate of drug-likeness (QED) is 0.499. The van der Waals surface area contributed by atoms with Gasteiger partial charge >= 0.3 is 0 Å². The van der Waals surface area contributed by atoms with Gasteiger partial charge in [0.25, 0.3) is 5.91 Å². The van der Waals surface area contributed by atoms with Crippen LogP contribution in [-0.2, 0) is 17.8 Å². The Kier molecular flexibility index (Phi) is 5.01. The van der Waals surface area contributed by atoms with Gasteiger partial charge in [-0.2, -0.15) is 4.99 Å². The van der Waals surface area contributed by atoms with Crippen molar-refractivity contribution < 1.29 is 9.53 Å². The van der Waals surface area contributed by atoms with E-state index < -0.39 is 0 Å². The van der Waals surface area contributed by atoms with Gasteiger partial charge < -0.3 is 9.30 Å². The van der Waals surface area contributed by atoms with Gasteiger partial charge in [-0.3, -0.25) is 4.79 Å². The lowest BCUT2D eigenvalue weighted by Crippen LogP contribution is -2.16. The van der Waals surface area contributed by atoms with Gasteiger partial charge in [0.2, 0.25) is 0 Å². The largest absolute Gasteiger partial charge is 0.496 e. The summed E-state index contributed by atoms with van der Waals surface area (Å²) in [6.45, 7) is 4.83. The summed E-state index contributed by atoms with van der Waals surface area (Å²) in [4.78, 5) is 17.9. The van der Waals surface area contributed by atoms with Crippen LogP contribution in [-0.4, -0.2) is 17.6 Å². The fraction of sp³-hybridized carbons (Fsp3) is 0.217. The molecule has 0 aliphatic carbocycles. The fourth-order valence-corrected chi connectivity index (χ4v) is 4.81. The molecule has 0 saturated carbocycles. The zero-order chi connectivity index (χ0) is 19.7. The third kappa shape index (κ3) is 3.34. The third-order valence-corrected chi connectivity index (χ3v) is 6.05. The highest BCUT2D eigenvalue weighted by Gasteiger charge is 2.10. The number of aryl methyl sites for hydroxylation is 2. The van der Waals surface area contributed by atoms with E-state index in [9.17, 15) is 4.79 Å². The third-order valence-electron chi connectivity index (χ3n) is 4.93. The summed E-state index contributed by atoms with van der Waals surface area (Å²) in [6.07, 6.45) is 0.281. The molecule has 0 unspecified atom stereocenters. The first kappa shape index (κ1) is 18.4. The molecule has 0 fully saturated rings. The Bertz CT molecular complexity index is 1250. The van der Waals surface area contributed by atoms with Crippen molar-refractivity contribution in [1.29, 1.82) is 0 Å². The molecule has 142 valence electrons. The Morgan fingerprint density at radius 2 is 1.96 bits per heavy atom. The number of carbonyl (C=O) groups is 1. The molecule has 0 N–H and O–H groups in total. The second kappa shape index (κ2) is 7.60.